The van der Waals surface area contributed by atoms with Gasteiger partial charge in [0, 0.05) is 18.6 Å². The summed E-state index contributed by atoms with van der Waals surface area (Å²) in [6.07, 6.45) is 0.154. The van der Waals surface area contributed by atoms with Gasteiger partial charge in [-0.1, -0.05) is 6.07 Å². The molecule has 0 amide bonds. The number of rotatable bonds is 7. The molecule has 0 heterocycles. The van der Waals surface area contributed by atoms with E-state index < -0.39 is 5.97 Å². The van der Waals surface area contributed by atoms with Crippen LogP contribution in [0.5, 0.6) is 5.75 Å². The fourth-order valence-corrected chi connectivity index (χ4v) is 2.30. The van der Waals surface area contributed by atoms with E-state index in [-0.39, 0.29) is 12.0 Å². The summed E-state index contributed by atoms with van der Waals surface area (Å²) in [5.74, 6) is 0.110. The lowest BCUT2D eigenvalue weighted by atomic mass is 10.1. The second-order valence-electron chi connectivity index (χ2n) is 6.47. The molecule has 1 rings (SSSR count). The van der Waals surface area contributed by atoms with Gasteiger partial charge in [0.2, 0.25) is 0 Å². The molecule has 0 spiro atoms. The van der Waals surface area contributed by atoms with Crippen LogP contribution in [0.3, 0.4) is 0 Å². The van der Waals surface area contributed by atoms with Crippen molar-refractivity contribution < 1.29 is 14.6 Å². The molecule has 0 radical (unpaired) electrons. The van der Waals surface area contributed by atoms with Crippen LogP contribution in [0, 0.1) is 13.8 Å². The van der Waals surface area contributed by atoms with Crippen molar-refractivity contribution in [2.24, 2.45) is 0 Å². The van der Waals surface area contributed by atoms with Crippen LogP contribution in [0.15, 0.2) is 18.2 Å². The highest BCUT2D eigenvalue weighted by atomic mass is 16.5. The molecule has 4 nitrogen and oxygen atoms in total. The first kappa shape index (κ1) is 17.5. The molecule has 0 aliphatic heterocycles. The molecule has 0 saturated carbocycles. The molecule has 0 aromatic heterocycles. The monoisotopic (exact) mass is 293 g/mol. The minimum atomic E-state index is -0.764. The van der Waals surface area contributed by atoms with Crippen LogP contribution in [0.2, 0.25) is 0 Å². The van der Waals surface area contributed by atoms with Crippen LogP contribution in [-0.2, 0) is 4.79 Å². The van der Waals surface area contributed by atoms with Gasteiger partial charge in [-0.15, -0.1) is 0 Å². The minimum Gasteiger partial charge on any atom is -0.492 e. The minimum absolute atomic E-state index is 0.0681. The number of nitrogens with zero attached hydrogens (tertiary/aromatic N) is 1. The topological polar surface area (TPSA) is 49.8 Å². The van der Waals surface area contributed by atoms with Crippen molar-refractivity contribution in [1.82, 2.24) is 4.90 Å². The predicted octanol–water partition coefficient (Wildman–Crippen LogP) is 3.26. The van der Waals surface area contributed by atoms with Crippen LogP contribution in [-0.4, -0.2) is 41.2 Å². The first-order valence-corrected chi connectivity index (χ1v) is 7.36. The fourth-order valence-electron chi connectivity index (χ4n) is 2.30. The normalized spacial score (nSPS) is 11.7. The largest absolute Gasteiger partial charge is 0.492 e. The molecule has 0 saturated heterocycles. The molecule has 1 aromatic rings. The first-order chi connectivity index (χ1) is 9.68. The molecule has 4 heteroatoms. The van der Waals surface area contributed by atoms with Crippen LogP contribution in [0.25, 0.3) is 0 Å². The number of carboxylic acid groups (broad SMARTS) is 1. The Labute approximate surface area is 127 Å². The van der Waals surface area contributed by atoms with Gasteiger partial charge < -0.3 is 9.84 Å². The fraction of sp³-hybridized carbons (Fsp3) is 0.588. The quantitative estimate of drug-likeness (QED) is 0.838. The van der Waals surface area contributed by atoms with Gasteiger partial charge in [0.1, 0.15) is 12.4 Å². The van der Waals surface area contributed by atoms with E-state index >= 15 is 0 Å². The highest BCUT2D eigenvalue weighted by Crippen LogP contribution is 2.17. The molecular weight excluding hydrogens is 266 g/mol. The number of hydrogen-bond acceptors (Lipinski definition) is 3. The third-order valence-corrected chi connectivity index (χ3v) is 3.37. The molecular formula is C17H27NO3. The van der Waals surface area contributed by atoms with Gasteiger partial charge in [0.05, 0.1) is 6.42 Å². The van der Waals surface area contributed by atoms with Crippen LogP contribution in [0.1, 0.15) is 38.3 Å². The molecule has 21 heavy (non-hydrogen) atoms. The summed E-state index contributed by atoms with van der Waals surface area (Å²) in [6, 6.07) is 6.15. The molecule has 1 N–H and O–H groups in total. The zero-order chi connectivity index (χ0) is 16.0. The summed E-state index contributed by atoms with van der Waals surface area (Å²) in [5, 5.41) is 8.83. The third-order valence-electron chi connectivity index (χ3n) is 3.37. The smallest absolute Gasteiger partial charge is 0.304 e. The number of benzene rings is 1. The number of aliphatic carboxylic acids is 1. The van der Waals surface area contributed by atoms with Gasteiger partial charge in [-0.25, -0.2) is 0 Å². The molecule has 0 unspecified atom stereocenters. The summed E-state index contributed by atoms with van der Waals surface area (Å²) in [7, 11) is 0. The van der Waals surface area contributed by atoms with E-state index in [0.717, 1.165) is 5.75 Å². The average Bonchev–Trinajstić information content (AvgIpc) is 2.30. The Morgan fingerprint density at radius 3 is 2.19 bits per heavy atom. The SMILES string of the molecule is Cc1cc(C)cc(OCCN(CCC(=O)O)C(C)(C)C)c1. The summed E-state index contributed by atoms with van der Waals surface area (Å²) in [4.78, 5) is 12.9. The van der Waals surface area contributed by atoms with Crippen LogP contribution in [0.4, 0.5) is 0 Å². The second-order valence-corrected chi connectivity index (χ2v) is 6.47. The Morgan fingerprint density at radius 2 is 1.71 bits per heavy atom. The van der Waals surface area contributed by atoms with Crippen molar-refractivity contribution in [2.75, 3.05) is 19.7 Å². The second kappa shape index (κ2) is 7.46. The molecule has 0 fully saturated rings. The van der Waals surface area contributed by atoms with Crippen molar-refractivity contribution in [3.05, 3.63) is 29.3 Å². The summed E-state index contributed by atoms with van der Waals surface area (Å²) in [6.45, 7) is 12.2. The van der Waals surface area contributed by atoms with Crippen molar-refractivity contribution >= 4 is 5.97 Å². The Morgan fingerprint density at radius 1 is 1.14 bits per heavy atom. The van der Waals surface area contributed by atoms with E-state index in [4.69, 9.17) is 9.84 Å². The summed E-state index contributed by atoms with van der Waals surface area (Å²) < 4.78 is 5.81. The number of ether oxygens (including phenoxy) is 1. The van der Waals surface area contributed by atoms with Gasteiger partial charge in [-0.05, 0) is 57.9 Å². The highest BCUT2D eigenvalue weighted by molar-refractivity contribution is 5.66. The molecule has 0 aliphatic rings. The maximum absolute atomic E-state index is 10.7. The van der Waals surface area contributed by atoms with Gasteiger partial charge in [0.25, 0.3) is 0 Å². The summed E-state index contributed by atoms with van der Waals surface area (Å²) in [5.41, 5.74) is 2.30. The number of carbonyl (C=O) groups is 1. The first-order valence-electron chi connectivity index (χ1n) is 7.36. The number of carboxylic acids is 1. The average molecular weight is 293 g/mol. The van der Waals surface area contributed by atoms with Gasteiger partial charge in [0.15, 0.2) is 0 Å². The number of hydrogen-bond donors (Lipinski definition) is 1. The van der Waals surface area contributed by atoms with Gasteiger partial charge >= 0.3 is 5.97 Å². The Hall–Kier alpha value is -1.55. The highest BCUT2D eigenvalue weighted by Gasteiger charge is 2.21. The molecule has 0 aliphatic carbocycles. The maximum Gasteiger partial charge on any atom is 0.304 e. The van der Waals surface area contributed by atoms with Crippen molar-refractivity contribution in [3.63, 3.8) is 0 Å². The van der Waals surface area contributed by atoms with Crippen molar-refractivity contribution in [2.45, 2.75) is 46.6 Å². The van der Waals surface area contributed by atoms with E-state index in [9.17, 15) is 4.79 Å². The van der Waals surface area contributed by atoms with Crippen LogP contribution >= 0.6 is 0 Å². The van der Waals surface area contributed by atoms with Gasteiger partial charge in [-0.3, -0.25) is 9.69 Å². The maximum atomic E-state index is 10.7. The Bertz CT molecular complexity index is 457. The predicted molar refractivity (Wildman–Crippen MR) is 85.0 cm³/mol. The molecule has 0 bridgehead atoms. The molecule has 0 atom stereocenters. The lowest BCUT2D eigenvalue weighted by Gasteiger charge is -2.35. The van der Waals surface area contributed by atoms with Gasteiger partial charge in [-0.2, -0.15) is 0 Å². The van der Waals surface area contributed by atoms with Crippen molar-refractivity contribution in [3.8, 4) is 5.75 Å². The lowest BCUT2D eigenvalue weighted by Crippen LogP contribution is -2.44. The van der Waals surface area contributed by atoms with E-state index in [1.54, 1.807) is 0 Å². The van der Waals surface area contributed by atoms with E-state index in [0.29, 0.717) is 19.7 Å². The van der Waals surface area contributed by atoms with E-state index in [1.807, 2.05) is 26.0 Å². The third kappa shape index (κ3) is 6.63. The zero-order valence-corrected chi connectivity index (χ0v) is 13.8. The Kier molecular flexibility index (Phi) is 6.21. The summed E-state index contributed by atoms with van der Waals surface area (Å²) >= 11 is 0. The van der Waals surface area contributed by atoms with E-state index in [1.165, 1.54) is 11.1 Å². The zero-order valence-electron chi connectivity index (χ0n) is 13.8. The number of aryl methyl sites for hydroxylation is 2. The van der Waals surface area contributed by atoms with E-state index in [2.05, 4.69) is 31.7 Å². The molecule has 1 aromatic carbocycles. The Balaban J connectivity index is 2.54. The van der Waals surface area contributed by atoms with Crippen molar-refractivity contribution in [1.29, 1.82) is 0 Å². The standard InChI is InChI=1S/C17H27NO3/c1-13-10-14(2)12-15(11-13)21-9-8-18(17(3,4)5)7-6-16(19)20/h10-12H,6-9H2,1-5H3,(H,19,20). The lowest BCUT2D eigenvalue weighted by molar-refractivity contribution is -0.137. The van der Waals surface area contributed by atoms with Crippen LogP contribution < -0.4 is 4.74 Å². The molecule has 118 valence electrons.